The molecule has 198 valence electrons. The van der Waals surface area contributed by atoms with Gasteiger partial charge in [0.05, 0.1) is 18.3 Å². The van der Waals surface area contributed by atoms with Crippen LogP contribution in [-0.2, 0) is 0 Å². The molecule has 0 nitrogen and oxygen atoms in total. The molecule has 0 amide bonds. The number of hydrogen-bond donors (Lipinski definition) is 6. The highest BCUT2D eigenvalue weighted by Gasteiger charge is 2.30. The molecule has 1 saturated heterocycles. The standard InChI is InChI=1S/C16H32S17/c17-3-25-11-1-23-9-31-12(11)2-24-13(26-4-18)15(29-7-21)32-10-33-16(30-8-22)14(27-5-19)28-6-20/h11-22H,1-10H2. The SMILES string of the molecule is SCSC1CSCSC1CSC(SCS)C(SCS)SCSC(SCS)C(SCS)SCS. The van der Waals surface area contributed by atoms with E-state index in [-0.39, 0.29) is 0 Å². The van der Waals surface area contributed by atoms with E-state index in [1.807, 2.05) is 82.3 Å². The largest absolute Gasteiger partial charge is 0.168 e. The van der Waals surface area contributed by atoms with E-state index in [0.717, 1.165) is 35.6 Å². The Morgan fingerprint density at radius 2 is 1.06 bits per heavy atom. The van der Waals surface area contributed by atoms with E-state index in [2.05, 4.69) is 123 Å². The van der Waals surface area contributed by atoms with Crippen molar-refractivity contribution in [3.8, 4) is 0 Å². The number of rotatable bonds is 21. The third-order valence-electron chi connectivity index (χ3n) is 3.88. The Morgan fingerprint density at radius 1 is 0.606 bits per heavy atom. The fourth-order valence-corrected chi connectivity index (χ4v) is 23.3. The second-order valence-electron chi connectivity index (χ2n) is 5.76. The van der Waals surface area contributed by atoms with Crippen LogP contribution in [0.1, 0.15) is 0 Å². The van der Waals surface area contributed by atoms with Crippen molar-refractivity contribution in [2.24, 2.45) is 0 Å². The maximum absolute atomic E-state index is 4.57. The molecule has 0 aromatic carbocycles. The summed E-state index contributed by atoms with van der Waals surface area (Å²) >= 11 is 49.2. The zero-order valence-corrected chi connectivity index (χ0v) is 32.1. The van der Waals surface area contributed by atoms with Gasteiger partial charge >= 0.3 is 0 Å². The Kier molecular flexibility index (Phi) is 28.7. The summed E-state index contributed by atoms with van der Waals surface area (Å²) in [5, 5.41) is 8.85. The molecular formula is C16H32S17. The van der Waals surface area contributed by atoms with Gasteiger partial charge in [0.25, 0.3) is 0 Å². The molecule has 0 aliphatic carbocycles. The van der Waals surface area contributed by atoms with Crippen molar-refractivity contribution in [2.75, 3.05) is 52.2 Å². The van der Waals surface area contributed by atoms with Crippen LogP contribution >= 0.6 is 205 Å². The van der Waals surface area contributed by atoms with E-state index in [4.69, 9.17) is 0 Å². The van der Waals surface area contributed by atoms with Crippen LogP contribution in [0.5, 0.6) is 0 Å². The molecule has 5 unspecified atom stereocenters. The molecule has 1 aliphatic rings. The maximum atomic E-state index is 4.57. The fourth-order valence-electron chi connectivity index (χ4n) is 2.47. The third kappa shape index (κ3) is 16.9. The van der Waals surface area contributed by atoms with Gasteiger partial charge in [-0.2, -0.15) is 75.8 Å². The third-order valence-corrected chi connectivity index (χ3v) is 22.8. The second kappa shape index (κ2) is 25.6. The lowest BCUT2D eigenvalue weighted by Gasteiger charge is -2.32. The summed E-state index contributed by atoms with van der Waals surface area (Å²) in [6.45, 7) is 0. The summed E-state index contributed by atoms with van der Waals surface area (Å²) in [5.41, 5.74) is 0. The van der Waals surface area contributed by atoms with Gasteiger partial charge in [-0.1, -0.05) is 0 Å². The lowest BCUT2D eigenvalue weighted by atomic mass is 10.3. The molecule has 0 N–H and O–H groups in total. The van der Waals surface area contributed by atoms with Crippen LogP contribution in [0.2, 0.25) is 0 Å². The molecule has 1 rings (SSSR count). The minimum absolute atomic E-state index is 0.484. The predicted molar refractivity (Wildman–Crippen MR) is 209 cm³/mol. The predicted octanol–water partition coefficient (Wildman–Crippen LogP) is 9.35. The first-order valence-corrected chi connectivity index (χ1v) is 25.0. The Balaban J connectivity index is 2.68. The average molecular weight is 770 g/mol. The highest BCUT2D eigenvalue weighted by molar-refractivity contribution is 8.32. The first-order valence-electron chi connectivity index (χ1n) is 9.53. The molecule has 1 fully saturated rings. The van der Waals surface area contributed by atoms with E-state index in [0.29, 0.717) is 28.8 Å². The van der Waals surface area contributed by atoms with Crippen molar-refractivity contribution in [2.45, 2.75) is 28.8 Å². The van der Waals surface area contributed by atoms with Crippen LogP contribution in [-0.4, -0.2) is 81.0 Å². The van der Waals surface area contributed by atoms with Crippen molar-refractivity contribution >= 4 is 205 Å². The first-order chi connectivity index (χ1) is 16.1. The quantitative estimate of drug-likeness (QED) is 0.0489. The molecule has 17 heteroatoms. The Labute approximate surface area is 281 Å². The lowest BCUT2D eigenvalue weighted by Crippen LogP contribution is -2.30. The topological polar surface area (TPSA) is 0 Å². The van der Waals surface area contributed by atoms with Crippen LogP contribution in [0.4, 0.5) is 0 Å². The normalized spacial score (nSPS) is 21.9. The highest BCUT2D eigenvalue weighted by atomic mass is 32.3. The van der Waals surface area contributed by atoms with Crippen LogP contribution in [0.3, 0.4) is 0 Å². The summed E-state index contributed by atoms with van der Waals surface area (Å²) in [6, 6.07) is 0. The monoisotopic (exact) mass is 768 g/mol. The maximum Gasteiger partial charge on any atom is 0.0729 e. The number of thiol groups is 6. The summed E-state index contributed by atoms with van der Waals surface area (Å²) in [6.07, 6.45) is 0. The molecule has 1 heterocycles. The van der Waals surface area contributed by atoms with Crippen LogP contribution in [0, 0.1) is 0 Å². The van der Waals surface area contributed by atoms with E-state index >= 15 is 0 Å². The molecule has 1 aliphatic heterocycles. The second-order valence-corrected chi connectivity index (χ2v) is 24.7. The average Bonchev–Trinajstić information content (AvgIpc) is 2.81. The van der Waals surface area contributed by atoms with Crippen molar-refractivity contribution in [3.05, 3.63) is 0 Å². The van der Waals surface area contributed by atoms with Gasteiger partial charge in [0.1, 0.15) is 0 Å². The number of thioether (sulfide) groups is 11. The summed E-state index contributed by atoms with van der Waals surface area (Å²) in [4.78, 5) is 0. The minimum Gasteiger partial charge on any atom is -0.168 e. The van der Waals surface area contributed by atoms with Gasteiger partial charge < -0.3 is 0 Å². The molecule has 0 aromatic rings. The van der Waals surface area contributed by atoms with E-state index in [9.17, 15) is 0 Å². The Hall–Kier alpha value is 5.95. The van der Waals surface area contributed by atoms with Crippen molar-refractivity contribution in [1.82, 2.24) is 0 Å². The van der Waals surface area contributed by atoms with Crippen molar-refractivity contribution in [1.29, 1.82) is 0 Å². The van der Waals surface area contributed by atoms with Gasteiger partial charge in [-0.15, -0.1) is 129 Å². The van der Waals surface area contributed by atoms with Gasteiger partial charge in [-0.3, -0.25) is 0 Å². The molecule has 0 aromatic heterocycles. The molecule has 33 heavy (non-hydrogen) atoms. The lowest BCUT2D eigenvalue weighted by molar-refractivity contribution is 0.946. The van der Waals surface area contributed by atoms with Crippen LogP contribution < -0.4 is 0 Å². The van der Waals surface area contributed by atoms with E-state index < -0.39 is 0 Å². The van der Waals surface area contributed by atoms with Gasteiger partial charge in [-0.25, -0.2) is 0 Å². The van der Waals surface area contributed by atoms with Gasteiger partial charge in [-0.05, 0) is 0 Å². The van der Waals surface area contributed by atoms with Gasteiger partial charge in [0, 0.05) is 62.7 Å². The molecular weight excluding hydrogens is 737 g/mol. The molecule has 5 atom stereocenters. The zero-order valence-electron chi connectivity index (χ0n) is 17.7. The van der Waals surface area contributed by atoms with Crippen molar-refractivity contribution in [3.63, 3.8) is 0 Å². The molecule has 0 bridgehead atoms. The van der Waals surface area contributed by atoms with E-state index in [1.165, 1.54) is 16.6 Å². The van der Waals surface area contributed by atoms with Crippen LogP contribution in [0.15, 0.2) is 0 Å². The first kappa shape index (κ1) is 37.0. The van der Waals surface area contributed by atoms with Gasteiger partial charge in [0.15, 0.2) is 0 Å². The number of hydrogen-bond acceptors (Lipinski definition) is 17. The summed E-state index contributed by atoms with van der Waals surface area (Å²) < 4.78 is 2.00. The fraction of sp³-hybridized carbons (Fsp3) is 1.00. The van der Waals surface area contributed by atoms with Gasteiger partial charge in [0.2, 0.25) is 0 Å². The zero-order chi connectivity index (χ0) is 24.3. The molecule has 0 spiro atoms. The van der Waals surface area contributed by atoms with Crippen LogP contribution in [0.25, 0.3) is 0 Å². The highest BCUT2D eigenvalue weighted by Crippen LogP contribution is 2.47. The summed E-state index contributed by atoms with van der Waals surface area (Å²) in [7, 11) is 0. The molecule has 0 radical (unpaired) electrons. The summed E-state index contributed by atoms with van der Waals surface area (Å²) in [5.74, 6) is 2.46. The van der Waals surface area contributed by atoms with E-state index in [1.54, 1.807) is 0 Å². The Morgan fingerprint density at radius 3 is 1.52 bits per heavy atom. The smallest absolute Gasteiger partial charge is 0.0729 e. The minimum atomic E-state index is 0.484. The Bertz CT molecular complexity index is 437. The van der Waals surface area contributed by atoms with Crippen molar-refractivity contribution < 1.29 is 0 Å². The molecule has 0 saturated carbocycles.